The Morgan fingerprint density at radius 2 is 1.85 bits per heavy atom. The van der Waals surface area contributed by atoms with Gasteiger partial charge in [-0.2, -0.15) is 0 Å². The lowest BCUT2D eigenvalue weighted by Gasteiger charge is -2.47. The maximum absolute atomic E-state index is 13.0. The monoisotopic (exact) mass is 576 g/mol. The van der Waals surface area contributed by atoms with Crippen molar-refractivity contribution in [2.24, 2.45) is 0 Å². The number of hydrogen-bond donors (Lipinski definition) is 2. The summed E-state index contributed by atoms with van der Waals surface area (Å²) in [6.45, 7) is 5.74. The van der Waals surface area contributed by atoms with Gasteiger partial charge < -0.3 is 30.4 Å². The third kappa shape index (κ3) is 5.52. The van der Waals surface area contributed by atoms with Gasteiger partial charge in [0.05, 0.1) is 12.7 Å². The molecular formula is C24H30Cl2N10O3. The van der Waals surface area contributed by atoms with Gasteiger partial charge in [-0.25, -0.2) is 15.0 Å². The van der Waals surface area contributed by atoms with Gasteiger partial charge in [0.2, 0.25) is 0 Å². The largest absolute Gasteiger partial charge is 0.452 e. The van der Waals surface area contributed by atoms with Crippen molar-refractivity contribution in [1.82, 2.24) is 34.9 Å². The Hall–Kier alpha value is -3.42. The van der Waals surface area contributed by atoms with Crippen LogP contribution in [0.5, 0.6) is 6.08 Å². The molecule has 1 amide bonds. The zero-order valence-corrected chi connectivity index (χ0v) is 23.2. The summed E-state index contributed by atoms with van der Waals surface area (Å²) in [4.78, 5) is 32.5. The van der Waals surface area contributed by atoms with Gasteiger partial charge in [-0.1, -0.05) is 35.2 Å². The Morgan fingerprint density at radius 3 is 2.51 bits per heavy atom. The summed E-state index contributed by atoms with van der Waals surface area (Å²) in [5, 5.41) is 8.12. The van der Waals surface area contributed by atoms with Gasteiger partial charge >= 0.3 is 6.08 Å². The van der Waals surface area contributed by atoms with Gasteiger partial charge in [-0.05, 0) is 31.4 Å². The molecule has 39 heavy (non-hydrogen) atoms. The standard InChI is InChI=1S/C24H30Cl2N10O3/c1-3-13-12-35(21-18(26)30-17(20(28)31-21)22-32-33-24(38-2)39-22)10-11-36(13)14-6-8-34(9-7-14)23(37)15-4-5-16(25)29-19(15)27/h4-5,13-14H,3,6-12H2,1-2H3,(H2,27,29)(H2,28,31)/t13-/m0/s1. The lowest BCUT2D eigenvalue weighted by atomic mass is 9.97. The quantitative estimate of drug-likeness (QED) is 0.412. The number of hydrogen-bond acceptors (Lipinski definition) is 12. The first-order chi connectivity index (χ1) is 18.8. The molecule has 0 unspecified atom stereocenters. The van der Waals surface area contributed by atoms with E-state index in [1.54, 1.807) is 12.1 Å². The van der Waals surface area contributed by atoms with Crippen LogP contribution in [0, 0.1) is 0 Å². The first-order valence-corrected chi connectivity index (χ1v) is 13.5. The van der Waals surface area contributed by atoms with Crippen molar-refractivity contribution in [2.75, 3.05) is 56.2 Å². The van der Waals surface area contributed by atoms with Crippen molar-refractivity contribution >= 4 is 46.6 Å². The van der Waals surface area contributed by atoms with E-state index in [2.05, 4.69) is 41.9 Å². The summed E-state index contributed by atoms with van der Waals surface area (Å²) in [7, 11) is 1.42. The second kappa shape index (κ2) is 11.4. The molecule has 1 atom stereocenters. The van der Waals surface area contributed by atoms with Gasteiger partial charge in [-0.3, -0.25) is 9.69 Å². The highest BCUT2D eigenvalue weighted by molar-refractivity contribution is 6.32. The number of carbonyl (C=O) groups is 1. The molecule has 0 radical (unpaired) electrons. The molecule has 3 aromatic heterocycles. The zero-order chi connectivity index (χ0) is 27.7. The number of nitrogens with two attached hydrogens (primary N) is 2. The van der Waals surface area contributed by atoms with Crippen LogP contribution in [0.1, 0.15) is 36.5 Å². The molecule has 4 N–H and O–H groups in total. The van der Waals surface area contributed by atoms with E-state index >= 15 is 0 Å². The van der Waals surface area contributed by atoms with Crippen LogP contribution < -0.4 is 21.1 Å². The van der Waals surface area contributed by atoms with E-state index in [0.29, 0.717) is 37.1 Å². The number of nitrogens with zero attached hydrogens (tertiary/aromatic N) is 8. The molecule has 15 heteroatoms. The number of piperazine rings is 1. The predicted octanol–water partition coefficient (Wildman–Crippen LogP) is 2.61. The number of carbonyl (C=O) groups excluding carboxylic acids is 1. The number of halogens is 2. The predicted molar refractivity (Wildman–Crippen MR) is 147 cm³/mol. The number of methoxy groups -OCH3 is 1. The molecule has 5 rings (SSSR count). The Labute approximate surface area is 235 Å². The van der Waals surface area contributed by atoms with E-state index in [4.69, 9.17) is 43.8 Å². The highest BCUT2D eigenvalue weighted by Crippen LogP contribution is 2.33. The van der Waals surface area contributed by atoms with Crippen LogP contribution in [-0.2, 0) is 0 Å². The fourth-order valence-electron chi connectivity index (χ4n) is 5.27. The number of amides is 1. The van der Waals surface area contributed by atoms with Gasteiger partial charge in [0, 0.05) is 44.8 Å². The molecule has 5 heterocycles. The van der Waals surface area contributed by atoms with Crippen LogP contribution in [0.4, 0.5) is 17.5 Å². The van der Waals surface area contributed by atoms with Crippen molar-refractivity contribution < 1.29 is 13.9 Å². The van der Waals surface area contributed by atoms with Gasteiger partial charge in [0.1, 0.15) is 11.0 Å². The Kier molecular flexibility index (Phi) is 7.91. The minimum absolute atomic E-state index is 0.00498. The van der Waals surface area contributed by atoms with Crippen LogP contribution in [0.2, 0.25) is 10.3 Å². The van der Waals surface area contributed by atoms with E-state index in [9.17, 15) is 4.79 Å². The first kappa shape index (κ1) is 27.2. The minimum Gasteiger partial charge on any atom is -0.452 e. The topological polar surface area (TPSA) is 166 Å². The van der Waals surface area contributed by atoms with Crippen LogP contribution in [0.3, 0.4) is 0 Å². The first-order valence-electron chi connectivity index (χ1n) is 12.7. The van der Waals surface area contributed by atoms with Crippen LogP contribution in [0.25, 0.3) is 11.6 Å². The lowest BCUT2D eigenvalue weighted by Crippen LogP contribution is -2.58. The fraction of sp³-hybridized carbons (Fsp3) is 0.500. The molecule has 0 aromatic carbocycles. The lowest BCUT2D eigenvalue weighted by molar-refractivity contribution is 0.0491. The smallest absolute Gasteiger partial charge is 0.414 e. The Bertz CT molecular complexity index is 1350. The summed E-state index contributed by atoms with van der Waals surface area (Å²) >= 11 is 12.4. The number of pyridine rings is 1. The van der Waals surface area contributed by atoms with Gasteiger partial charge in [0.15, 0.2) is 22.5 Å². The number of likely N-dealkylation sites (tertiary alicyclic amines) is 1. The van der Waals surface area contributed by atoms with Gasteiger partial charge in [-0.15, -0.1) is 5.10 Å². The molecule has 0 saturated carbocycles. The fourth-order valence-corrected chi connectivity index (χ4v) is 5.67. The maximum atomic E-state index is 13.0. The third-order valence-electron chi connectivity index (χ3n) is 7.29. The summed E-state index contributed by atoms with van der Waals surface area (Å²) in [6, 6.07) is 3.87. The SMILES string of the molecule is CC[C@H]1CN(c2nc(N)c(-c3nnc(OC)o3)nc2Cl)CCN1C1CCN(C(=O)c2ccc(Cl)nc2N)CC1. The summed E-state index contributed by atoms with van der Waals surface area (Å²) in [5.41, 5.74) is 12.7. The molecule has 0 aliphatic carbocycles. The number of rotatable bonds is 6. The second-order valence-corrected chi connectivity index (χ2v) is 10.2. The molecule has 2 saturated heterocycles. The molecule has 2 fully saturated rings. The van der Waals surface area contributed by atoms with Crippen LogP contribution >= 0.6 is 23.2 Å². The minimum atomic E-state index is -0.111. The van der Waals surface area contributed by atoms with Crippen molar-refractivity contribution in [3.05, 3.63) is 28.0 Å². The normalized spacial score (nSPS) is 18.9. The van der Waals surface area contributed by atoms with Crippen molar-refractivity contribution in [2.45, 2.75) is 38.3 Å². The number of ether oxygens (including phenoxy) is 1. The van der Waals surface area contributed by atoms with E-state index < -0.39 is 0 Å². The zero-order valence-electron chi connectivity index (χ0n) is 21.7. The van der Waals surface area contributed by atoms with E-state index in [1.165, 1.54) is 7.11 Å². The number of nitrogen functional groups attached to an aromatic ring is 2. The average molecular weight is 577 g/mol. The summed E-state index contributed by atoms with van der Waals surface area (Å²) in [6.07, 6.45) is 2.69. The molecule has 0 bridgehead atoms. The van der Waals surface area contributed by atoms with E-state index in [-0.39, 0.29) is 51.6 Å². The number of piperidine rings is 1. The van der Waals surface area contributed by atoms with Crippen molar-refractivity contribution in [1.29, 1.82) is 0 Å². The number of aromatic nitrogens is 5. The van der Waals surface area contributed by atoms with E-state index in [1.807, 2.05) is 4.90 Å². The van der Waals surface area contributed by atoms with Crippen LogP contribution in [0.15, 0.2) is 16.5 Å². The molecule has 2 aliphatic heterocycles. The maximum Gasteiger partial charge on any atom is 0.414 e. The highest BCUT2D eigenvalue weighted by atomic mass is 35.5. The Morgan fingerprint density at radius 1 is 1.08 bits per heavy atom. The number of anilines is 3. The van der Waals surface area contributed by atoms with Crippen LogP contribution in [-0.4, -0.2) is 92.8 Å². The highest BCUT2D eigenvalue weighted by Gasteiger charge is 2.35. The summed E-state index contributed by atoms with van der Waals surface area (Å²) < 4.78 is 10.3. The molecule has 2 aliphatic rings. The summed E-state index contributed by atoms with van der Waals surface area (Å²) in [5.74, 6) is 0.799. The second-order valence-electron chi connectivity index (χ2n) is 9.49. The van der Waals surface area contributed by atoms with Gasteiger partial charge in [0.25, 0.3) is 11.8 Å². The van der Waals surface area contributed by atoms with Crippen molar-refractivity contribution in [3.63, 3.8) is 0 Å². The average Bonchev–Trinajstić information content (AvgIpc) is 3.43. The molecule has 13 nitrogen and oxygen atoms in total. The molecule has 3 aromatic rings. The molecule has 0 spiro atoms. The Balaban J connectivity index is 1.23. The third-order valence-corrected chi connectivity index (χ3v) is 7.75. The van der Waals surface area contributed by atoms with E-state index in [0.717, 1.165) is 32.4 Å². The van der Waals surface area contributed by atoms with Crippen molar-refractivity contribution in [3.8, 4) is 17.7 Å². The molecule has 208 valence electrons. The molecular weight excluding hydrogens is 547 g/mol.